The summed E-state index contributed by atoms with van der Waals surface area (Å²) in [5.74, 6) is 0.496. The molecule has 0 amide bonds. The Morgan fingerprint density at radius 1 is 1.14 bits per heavy atom. The molecule has 0 bridgehead atoms. The summed E-state index contributed by atoms with van der Waals surface area (Å²) < 4.78 is 28.5. The Hall–Kier alpha value is -2.12. The van der Waals surface area contributed by atoms with Crippen LogP contribution in [0.4, 0.5) is 0 Å². The van der Waals surface area contributed by atoms with Crippen molar-refractivity contribution in [2.45, 2.75) is 44.9 Å². The minimum atomic E-state index is -3.23. The lowest BCUT2D eigenvalue weighted by Gasteiger charge is -2.35. The maximum atomic E-state index is 12.6. The molecular formula is C21H28N4O2S. The van der Waals surface area contributed by atoms with Crippen LogP contribution < -0.4 is 0 Å². The van der Waals surface area contributed by atoms with Crippen LogP contribution in [0, 0.1) is 5.92 Å². The fraction of sp³-hybridized carbons (Fsp3) is 0.476. The number of benzene rings is 1. The van der Waals surface area contributed by atoms with E-state index in [-0.39, 0.29) is 0 Å². The van der Waals surface area contributed by atoms with Gasteiger partial charge in [0.1, 0.15) is 0 Å². The van der Waals surface area contributed by atoms with Crippen LogP contribution in [0.5, 0.6) is 0 Å². The molecule has 3 heterocycles. The highest BCUT2D eigenvalue weighted by Gasteiger charge is 2.37. The highest BCUT2D eigenvalue weighted by Crippen LogP contribution is 2.29. The van der Waals surface area contributed by atoms with E-state index in [1.807, 2.05) is 12.4 Å². The van der Waals surface area contributed by atoms with E-state index < -0.39 is 14.8 Å². The molecule has 3 aromatic rings. The lowest BCUT2D eigenvalue weighted by Crippen LogP contribution is -2.46. The van der Waals surface area contributed by atoms with Crippen molar-refractivity contribution < 1.29 is 8.42 Å². The molecule has 1 saturated heterocycles. The summed E-state index contributed by atoms with van der Waals surface area (Å²) in [5.41, 5.74) is 3.46. The average Bonchev–Trinajstić information content (AvgIpc) is 3.31. The second kappa shape index (κ2) is 7.04. The third-order valence-corrected chi connectivity index (χ3v) is 8.34. The molecule has 28 heavy (non-hydrogen) atoms. The Kier molecular flexibility index (Phi) is 4.83. The number of fused-ring (bicyclic) bond motifs is 1. The molecule has 0 unspecified atom stereocenters. The fourth-order valence-corrected chi connectivity index (χ4v) is 5.41. The monoisotopic (exact) mass is 400 g/mol. The van der Waals surface area contributed by atoms with Crippen LogP contribution >= 0.6 is 0 Å². The first-order valence-electron chi connectivity index (χ1n) is 9.83. The van der Waals surface area contributed by atoms with E-state index in [4.69, 9.17) is 0 Å². The van der Waals surface area contributed by atoms with Gasteiger partial charge in [-0.05, 0) is 63.3 Å². The lowest BCUT2D eigenvalue weighted by atomic mass is 9.98. The second-order valence-electron chi connectivity index (χ2n) is 8.69. The normalized spacial score (nSPS) is 17.4. The number of aromatic nitrogens is 3. The van der Waals surface area contributed by atoms with Crippen LogP contribution in [-0.4, -0.2) is 45.3 Å². The molecule has 1 aliphatic heterocycles. The van der Waals surface area contributed by atoms with Crippen LogP contribution in [0.25, 0.3) is 22.0 Å². The molecule has 150 valence electrons. The van der Waals surface area contributed by atoms with Crippen molar-refractivity contribution >= 4 is 20.9 Å². The van der Waals surface area contributed by atoms with Gasteiger partial charge in [0.15, 0.2) is 0 Å². The zero-order chi connectivity index (χ0) is 19.9. The summed E-state index contributed by atoms with van der Waals surface area (Å²) >= 11 is 0. The average molecular weight is 401 g/mol. The Balaban J connectivity index is 1.45. The summed E-state index contributed by atoms with van der Waals surface area (Å²) in [7, 11) is -3.23. The fourth-order valence-electron chi connectivity index (χ4n) is 3.95. The number of rotatable bonds is 4. The molecular weight excluding hydrogens is 372 g/mol. The van der Waals surface area contributed by atoms with E-state index in [0.29, 0.717) is 19.0 Å². The summed E-state index contributed by atoms with van der Waals surface area (Å²) in [6.07, 6.45) is 7.68. The molecule has 7 heteroatoms. The Morgan fingerprint density at radius 3 is 2.54 bits per heavy atom. The van der Waals surface area contributed by atoms with Gasteiger partial charge < -0.3 is 4.57 Å². The SMILES string of the molecule is CC(C)(C)S(=O)(=O)N1CCC(Cn2ccc3cc(-c4cn[nH]c4)ccc32)CC1. The quantitative estimate of drug-likeness (QED) is 0.723. The number of sulfonamides is 1. The molecule has 1 fully saturated rings. The van der Waals surface area contributed by atoms with Gasteiger partial charge in [-0.25, -0.2) is 12.7 Å². The maximum absolute atomic E-state index is 12.6. The van der Waals surface area contributed by atoms with Crippen molar-refractivity contribution in [1.29, 1.82) is 0 Å². The van der Waals surface area contributed by atoms with Gasteiger partial charge in [-0.2, -0.15) is 5.10 Å². The van der Waals surface area contributed by atoms with Gasteiger partial charge in [0, 0.05) is 48.5 Å². The predicted octanol–water partition coefficient (Wildman–Crippen LogP) is 3.87. The molecule has 0 saturated carbocycles. The van der Waals surface area contributed by atoms with E-state index in [1.54, 1.807) is 25.1 Å². The first kappa shape index (κ1) is 19.2. The largest absolute Gasteiger partial charge is 0.347 e. The lowest BCUT2D eigenvalue weighted by molar-refractivity contribution is 0.251. The Labute approximate surface area is 166 Å². The van der Waals surface area contributed by atoms with E-state index in [1.165, 1.54) is 10.9 Å². The molecule has 1 N–H and O–H groups in total. The Bertz CT molecular complexity index is 1050. The minimum absolute atomic E-state index is 0.496. The number of hydrogen-bond acceptors (Lipinski definition) is 3. The molecule has 6 nitrogen and oxygen atoms in total. The standard InChI is InChI=1S/C21H28N4O2S/c1-21(2,3)28(26,27)25-10-6-16(7-11-25)15-24-9-8-18-12-17(4-5-20(18)24)19-13-22-23-14-19/h4-5,8-9,12-14,16H,6-7,10-11,15H2,1-3H3,(H,22,23). The van der Waals surface area contributed by atoms with Crippen LogP contribution in [-0.2, 0) is 16.6 Å². The molecule has 0 atom stereocenters. The number of nitrogens with one attached hydrogen (secondary N) is 1. The third kappa shape index (κ3) is 3.49. The maximum Gasteiger partial charge on any atom is 0.219 e. The van der Waals surface area contributed by atoms with Gasteiger partial charge in [0.25, 0.3) is 0 Å². The Morgan fingerprint density at radius 2 is 1.89 bits per heavy atom. The van der Waals surface area contributed by atoms with Crippen LogP contribution in [0.3, 0.4) is 0 Å². The topological polar surface area (TPSA) is 71.0 Å². The molecule has 1 aliphatic rings. The number of aromatic amines is 1. The van der Waals surface area contributed by atoms with E-state index in [2.05, 4.69) is 45.2 Å². The van der Waals surface area contributed by atoms with Crippen molar-refractivity contribution in [2.75, 3.05) is 13.1 Å². The van der Waals surface area contributed by atoms with Gasteiger partial charge in [0.2, 0.25) is 10.0 Å². The van der Waals surface area contributed by atoms with Crippen molar-refractivity contribution in [2.24, 2.45) is 5.92 Å². The van der Waals surface area contributed by atoms with Gasteiger partial charge in [0.05, 0.1) is 10.9 Å². The van der Waals surface area contributed by atoms with Crippen LogP contribution in [0.2, 0.25) is 0 Å². The first-order chi connectivity index (χ1) is 13.3. The summed E-state index contributed by atoms with van der Waals surface area (Å²) in [4.78, 5) is 0. The summed E-state index contributed by atoms with van der Waals surface area (Å²) in [6.45, 7) is 7.49. The number of piperidine rings is 1. The molecule has 4 rings (SSSR count). The minimum Gasteiger partial charge on any atom is -0.347 e. The van der Waals surface area contributed by atoms with Gasteiger partial charge in [-0.3, -0.25) is 5.10 Å². The number of hydrogen-bond donors (Lipinski definition) is 1. The van der Waals surface area contributed by atoms with Gasteiger partial charge in [-0.1, -0.05) is 6.07 Å². The number of nitrogens with zero attached hydrogens (tertiary/aromatic N) is 3. The molecule has 0 aliphatic carbocycles. The molecule has 0 radical (unpaired) electrons. The van der Waals surface area contributed by atoms with Gasteiger partial charge >= 0.3 is 0 Å². The first-order valence-corrected chi connectivity index (χ1v) is 11.3. The van der Waals surface area contributed by atoms with Gasteiger partial charge in [-0.15, -0.1) is 0 Å². The van der Waals surface area contributed by atoms with Crippen molar-refractivity contribution in [3.63, 3.8) is 0 Å². The van der Waals surface area contributed by atoms with Crippen molar-refractivity contribution in [3.8, 4) is 11.1 Å². The van der Waals surface area contributed by atoms with Crippen molar-refractivity contribution in [1.82, 2.24) is 19.1 Å². The number of H-pyrrole nitrogens is 1. The third-order valence-electron chi connectivity index (χ3n) is 5.74. The van der Waals surface area contributed by atoms with E-state index in [9.17, 15) is 8.42 Å². The highest BCUT2D eigenvalue weighted by molar-refractivity contribution is 7.90. The molecule has 1 aromatic carbocycles. The van der Waals surface area contributed by atoms with Crippen LogP contribution in [0.15, 0.2) is 42.9 Å². The molecule has 2 aromatic heterocycles. The predicted molar refractivity (Wildman–Crippen MR) is 112 cm³/mol. The zero-order valence-corrected chi connectivity index (χ0v) is 17.5. The van der Waals surface area contributed by atoms with E-state index >= 15 is 0 Å². The van der Waals surface area contributed by atoms with E-state index in [0.717, 1.165) is 30.5 Å². The smallest absolute Gasteiger partial charge is 0.219 e. The molecule has 0 spiro atoms. The van der Waals surface area contributed by atoms with Crippen LogP contribution in [0.1, 0.15) is 33.6 Å². The van der Waals surface area contributed by atoms with Crippen molar-refractivity contribution in [3.05, 3.63) is 42.9 Å². The highest BCUT2D eigenvalue weighted by atomic mass is 32.2. The summed E-state index contributed by atoms with van der Waals surface area (Å²) in [6, 6.07) is 8.63. The second-order valence-corrected chi connectivity index (χ2v) is 11.4. The summed E-state index contributed by atoms with van der Waals surface area (Å²) in [5, 5.41) is 8.09. The zero-order valence-electron chi connectivity index (χ0n) is 16.7.